The molecular formula is C13H25N3O2. The van der Waals surface area contributed by atoms with Crippen molar-refractivity contribution in [2.24, 2.45) is 5.73 Å². The number of nitrogens with zero attached hydrogens (tertiary/aromatic N) is 2. The lowest BCUT2D eigenvalue weighted by atomic mass is 9.95. The standard InChI is InChI=1S/C13H25N3O2/c1-12(2,14)7-6-10(17)16-9-8-15(5)11(18)13(16,3)4/h6-9,14H2,1-5H3. The molecule has 0 spiro atoms. The Morgan fingerprint density at radius 2 is 1.94 bits per heavy atom. The SMILES string of the molecule is CN1CCN(C(=O)CCC(C)(C)N)C(C)(C)C1=O. The van der Waals surface area contributed by atoms with Crippen LogP contribution < -0.4 is 5.73 Å². The molecule has 1 heterocycles. The van der Waals surface area contributed by atoms with Crippen molar-refractivity contribution in [3.63, 3.8) is 0 Å². The molecule has 1 aliphatic rings. The zero-order valence-electron chi connectivity index (χ0n) is 12.1. The molecule has 0 bridgehead atoms. The van der Waals surface area contributed by atoms with Gasteiger partial charge in [-0.05, 0) is 34.1 Å². The van der Waals surface area contributed by atoms with Crippen molar-refractivity contribution >= 4 is 11.8 Å². The van der Waals surface area contributed by atoms with E-state index in [4.69, 9.17) is 5.73 Å². The summed E-state index contributed by atoms with van der Waals surface area (Å²) in [6.45, 7) is 8.60. The summed E-state index contributed by atoms with van der Waals surface area (Å²) in [5, 5.41) is 0. The number of likely N-dealkylation sites (N-methyl/N-ethyl adjacent to an activating group) is 1. The first-order chi connectivity index (χ1) is 8.05. The van der Waals surface area contributed by atoms with Gasteiger partial charge in [-0.25, -0.2) is 0 Å². The predicted octanol–water partition coefficient (Wildman–Crippen LogP) is 0.583. The van der Waals surface area contributed by atoms with E-state index in [9.17, 15) is 9.59 Å². The molecule has 0 radical (unpaired) electrons. The van der Waals surface area contributed by atoms with Crippen LogP contribution in [0.3, 0.4) is 0 Å². The van der Waals surface area contributed by atoms with E-state index in [1.54, 1.807) is 30.7 Å². The monoisotopic (exact) mass is 255 g/mol. The lowest BCUT2D eigenvalue weighted by Gasteiger charge is -2.45. The van der Waals surface area contributed by atoms with E-state index < -0.39 is 5.54 Å². The van der Waals surface area contributed by atoms with Gasteiger partial charge in [-0.2, -0.15) is 0 Å². The van der Waals surface area contributed by atoms with Crippen molar-refractivity contribution in [3.8, 4) is 0 Å². The van der Waals surface area contributed by atoms with Gasteiger partial charge in [-0.3, -0.25) is 9.59 Å². The molecule has 0 unspecified atom stereocenters. The maximum atomic E-state index is 12.2. The highest BCUT2D eigenvalue weighted by Crippen LogP contribution is 2.23. The number of hydrogen-bond donors (Lipinski definition) is 1. The van der Waals surface area contributed by atoms with E-state index in [-0.39, 0.29) is 17.4 Å². The molecule has 5 nitrogen and oxygen atoms in total. The van der Waals surface area contributed by atoms with E-state index in [1.165, 1.54) is 0 Å². The molecule has 0 aromatic rings. The summed E-state index contributed by atoms with van der Waals surface area (Å²) >= 11 is 0. The zero-order valence-corrected chi connectivity index (χ0v) is 12.1. The van der Waals surface area contributed by atoms with Crippen LogP contribution >= 0.6 is 0 Å². The van der Waals surface area contributed by atoms with Crippen molar-refractivity contribution in [2.75, 3.05) is 20.1 Å². The number of amides is 2. The third-order valence-electron chi connectivity index (χ3n) is 3.49. The van der Waals surface area contributed by atoms with Gasteiger partial charge >= 0.3 is 0 Å². The lowest BCUT2D eigenvalue weighted by Crippen LogP contribution is -2.63. The van der Waals surface area contributed by atoms with Crippen molar-refractivity contribution in [2.45, 2.75) is 51.6 Å². The highest BCUT2D eigenvalue weighted by atomic mass is 16.2. The molecule has 2 N–H and O–H groups in total. The van der Waals surface area contributed by atoms with Crippen LogP contribution in [0.25, 0.3) is 0 Å². The molecule has 18 heavy (non-hydrogen) atoms. The van der Waals surface area contributed by atoms with Crippen LogP contribution in [0.15, 0.2) is 0 Å². The van der Waals surface area contributed by atoms with E-state index >= 15 is 0 Å². The Hall–Kier alpha value is -1.10. The smallest absolute Gasteiger partial charge is 0.247 e. The fourth-order valence-corrected chi connectivity index (χ4v) is 2.21. The minimum absolute atomic E-state index is 0.00545. The Balaban J connectivity index is 2.71. The number of nitrogens with two attached hydrogens (primary N) is 1. The van der Waals surface area contributed by atoms with Gasteiger partial charge < -0.3 is 15.5 Å². The Morgan fingerprint density at radius 1 is 1.39 bits per heavy atom. The molecule has 0 aromatic heterocycles. The van der Waals surface area contributed by atoms with E-state index in [0.717, 1.165) is 0 Å². The summed E-state index contributed by atoms with van der Waals surface area (Å²) in [5.41, 5.74) is 4.79. The number of piperazine rings is 1. The molecule has 0 saturated carbocycles. The van der Waals surface area contributed by atoms with E-state index in [1.807, 2.05) is 13.8 Å². The summed E-state index contributed by atoms with van der Waals surface area (Å²) in [6.07, 6.45) is 1.02. The summed E-state index contributed by atoms with van der Waals surface area (Å²) in [6, 6.07) is 0. The fraction of sp³-hybridized carbons (Fsp3) is 0.846. The van der Waals surface area contributed by atoms with Gasteiger partial charge in [0.2, 0.25) is 11.8 Å². The zero-order chi connectivity index (χ0) is 14.1. The van der Waals surface area contributed by atoms with Gasteiger partial charge in [0.15, 0.2) is 0 Å². The minimum atomic E-state index is -0.747. The van der Waals surface area contributed by atoms with Gasteiger partial charge in [-0.1, -0.05) is 0 Å². The highest BCUT2D eigenvalue weighted by Gasteiger charge is 2.42. The Labute approximate surface area is 109 Å². The Bertz CT molecular complexity index is 345. The number of rotatable bonds is 3. The second-order valence-electron chi connectivity index (χ2n) is 6.32. The molecule has 0 atom stereocenters. The number of carbonyl (C=O) groups is 2. The predicted molar refractivity (Wildman–Crippen MR) is 70.9 cm³/mol. The summed E-state index contributed by atoms with van der Waals surface area (Å²) in [4.78, 5) is 27.6. The third kappa shape index (κ3) is 3.22. The molecule has 2 amide bonds. The molecule has 5 heteroatoms. The highest BCUT2D eigenvalue weighted by molar-refractivity contribution is 5.91. The summed E-state index contributed by atoms with van der Waals surface area (Å²) in [5.74, 6) is 0.00841. The normalized spacial score (nSPS) is 20.2. The summed E-state index contributed by atoms with van der Waals surface area (Å²) in [7, 11) is 1.77. The molecule has 1 saturated heterocycles. The quantitative estimate of drug-likeness (QED) is 0.802. The van der Waals surface area contributed by atoms with Gasteiger partial charge in [0.05, 0.1) is 0 Å². The second kappa shape index (κ2) is 4.88. The number of hydrogen-bond acceptors (Lipinski definition) is 3. The van der Waals surface area contributed by atoms with Gasteiger partial charge in [0, 0.05) is 32.1 Å². The maximum absolute atomic E-state index is 12.2. The first kappa shape index (κ1) is 15.0. The average Bonchev–Trinajstić information content (AvgIpc) is 2.22. The van der Waals surface area contributed by atoms with Crippen molar-refractivity contribution < 1.29 is 9.59 Å². The minimum Gasteiger partial charge on any atom is -0.342 e. The first-order valence-electron chi connectivity index (χ1n) is 6.40. The second-order valence-corrected chi connectivity index (χ2v) is 6.32. The van der Waals surface area contributed by atoms with Crippen LogP contribution in [-0.2, 0) is 9.59 Å². The molecular weight excluding hydrogens is 230 g/mol. The van der Waals surface area contributed by atoms with Gasteiger partial charge in [0.25, 0.3) is 0 Å². The van der Waals surface area contributed by atoms with E-state index in [2.05, 4.69) is 0 Å². The lowest BCUT2D eigenvalue weighted by molar-refractivity contribution is -0.157. The summed E-state index contributed by atoms with van der Waals surface area (Å²) < 4.78 is 0. The van der Waals surface area contributed by atoms with Crippen LogP contribution in [0, 0.1) is 0 Å². The molecule has 1 fully saturated rings. The Morgan fingerprint density at radius 3 is 2.44 bits per heavy atom. The molecule has 1 aliphatic heterocycles. The van der Waals surface area contributed by atoms with Crippen LogP contribution in [0.1, 0.15) is 40.5 Å². The van der Waals surface area contributed by atoms with E-state index in [0.29, 0.717) is 25.9 Å². The van der Waals surface area contributed by atoms with Gasteiger partial charge in [-0.15, -0.1) is 0 Å². The molecule has 0 aliphatic carbocycles. The molecule has 0 aromatic carbocycles. The average molecular weight is 255 g/mol. The maximum Gasteiger partial charge on any atom is 0.247 e. The van der Waals surface area contributed by atoms with Crippen LogP contribution in [0.2, 0.25) is 0 Å². The molecule has 1 rings (SSSR count). The first-order valence-corrected chi connectivity index (χ1v) is 6.40. The number of carbonyl (C=O) groups excluding carboxylic acids is 2. The molecule has 104 valence electrons. The topological polar surface area (TPSA) is 66.6 Å². The van der Waals surface area contributed by atoms with Gasteiger partial charge in [0.1, 0.15) is 5.54 Å². The largest absolute Gasteiger partial charge is 0.342 e. The van der Waals surface area contributed by atoms with Crippen LogP contribution in [0.4, 0.5) is 0 Å². The third-order valence-corrected chi connectivity index (χ3v) is 3.49. The van der Waals surface area contributed by atoms with Crippen molar-refractivity contribution in [1.29, 1.82) is 0 Å². The van der Waals surface area contributed by atoms with Crippen molar-refractivity contribution in [3.05, 3.63) is 0 Å². The van der Waals surface area contributed by atoms with Crippen LogP contribution in [-0.4, -0.2) is 52.8 Å². The fourth-order valence-electron chi connectivity index (χ4n) is 2.21. The van der Waals surface area contributed by atoms with Crippen LogP contribution in [0.5, 0.6) is 0 Å². The van der Waals surface area contributed by atoms with Crippen molar-refractivity contribution in [1.82, 2.24) is 9.80 Å². The Kier molecular flexibility index (Phi) is 4.05.